The Balaban J connectivity index is 0.000000166. The average Bonchev–Trinajstić information content (AvgIpc) is 4.04. The lowest BCUT2D eigenvalue weighted by molar-refractivity contribution is 0.00578. The zero-order valence-corrected chi connectivity index (χ0v) is 37.2. The second-order valence-electron chi connectivity index (χ2n) is 16.7. The Kier molecular flexibility index (Phi) is 10.5. The van der Waals surface area contributed by atoms with Crippen molar-refractivity contribution in [3.8, 4) is 44.9 Å². The van der Waals surface area contributed by atoms with E-state index in [1.165, 1.54) is 3.97 Å². The number of hydrogen-bond donors (Lipinski definition) is 2. The summed E-state index contributed by atoms with van der Waals surface area (Å²) in [4.78, 5) is 20.5. The van der Waals surface area contributed by atoms with Gasteiger partial charge < -0.3 is 28.8 Å². The second-order valence-corrected chi connectivity index (χ2v) is 18.5. The molecule has 1 saturated heterocycles. The number of nitrogens with one attached hydrogen (secondary N) is 2. The third-order valence-corrected chi connectivity index (χ3v) is 13.7. The molecule has 0 unspecified atom stereocenters. The van der Waals surface area contributed by atoms with Crippen molar-refractivity contribution in [2.24, 2.45) is 0 Å². The highest BCUT2D eigenvalue weighted by atomic mass is 32.2. The molecule has 10 rings (SSSR count). The highest BCUT2D eigenvalue weighted by molar-refractivity contribution is 7.90. The van der Waals surface area contributed by atoms with E-state index < -0.39 is 28.3 Å². The van der Waals surface area contributed by atoms with Crippen molar-refractivity contribution in [1.29, 1.82) is 0 Å². The Hall–Kier alpha value is -6.74. The standard InChI is InChI=1S/C27H29BN2O5S.C22H18N4O/c1-18-11-13-20(14-12-18)36(31,32)30-17-23(21-9-7-8-10-24(21)33-6)22-15-19(16-29-25(22)30)28-34-26(2,3)27(4,5)35-28;1-13-25-19-8-7-14(10-20(19)26-13)15-9-17-18(12-24-22(17)23-11-15)16-5-3-4-6-21(16)27-2/h7-17H,1-6H3;3-12H,1-2H3,(H,23,24)(H,25,26). The van der Waals surface area contributed by atoms with Gasteiger partial charge in [-0.2, -0.15) is 0 Å². The lowest BCUT2D eigenvalue weighted by Gasteiger charge is -2.32. The molecule has 0 aliphatic carbocycles. The highest BCUT2D eigenvalue weighted by Crippen LogP contribution is 2.40. The molecule has 63 heavy (non-hydrogen) atoms. The molecular formula is C49H47BN6O6S. The molecule has 9 aromatic rings. The highest BCUT2D eigenvalue weighted by Gasteiger charge is 2.52. The van der Waals surface area contributed by atoms with Gasteiger partial charge in [-0.3, -0.25) is 0 Å². The summed E-state index contributed by atoms with van der Waals surface area (Å²) < 4.78 is 52.3. The van der Waals surface area contributed by atoms with Crippen molar-refractivity contribution in [3.63, 3.8) is 0 Å². The van der Waals surface area contributed by atoms with E-state index in [9.17, 15) is 8.42 Å². The van der Waals surface area contributed by atoms with Gasteiger partial charge in [0.1, 0.15) is 23.0 Å². The number of methoxy groups -OCH3 is 2. The Bertz CT molecular complexity index is 3270. The number of ether oxygens (including phenoxy) is 2. The molecule has 1 fully saturated rings. The molecule has 0 amide bonds. The number of para-hydroxylation sites is 2. The smallest absolute Gasteiger partial charge is 0.496 e. The first kappa shape index (κ1) is 41.6. The van der Waals surface area contributed by atoms with Gasteiger partial charge >= 0.3 is 7.12 Å². The van der Waals surface area contributed by atoms with Crippen molar-refractivity contribution in [1.82, 2.24) is 28.9 Å². The molecule has 14 heteroatoms. The normalized spacial score (nSPS) is 14.6. The van der Waals surface area contributed by atoms with Crippen LogP contribution in [0.25, 0.3) is 66.5 Å². The number of fused-ring (bicyclic) bond motifs is 3. The first-order valence-electron chi connectivity index (χ1n) is 20.6. The van der Waals surface area contributed by atoms with Crippen LogP contribution in [0.3, 0.4) is 0 Å². The van der Waals surface area contributed by atoms with Crippen LogP contribution in [0.1, 0.15) is 39.1 Å². The summed E-state index contributed by atoms with van der Waals surface area (Å²) >= 11 is 0. The van der Waals surface area contributed by atoms with Gasteiger partial charge in [-0.05, 0) is 95.6 Å². The van der Waals surface area contributed by atoms with Crippen LogP contribution in [0.15, 0.2) is 133 Å². The van der Waals surface area contributed by atoms with Crippen LogP contribution >= 0.6 is 0 Å². The van der Waals surface area contributed by atoms with Crippen molar-refractivity contribution < 1.29 is 27.2 Å². The summed E-state index contributed by atoms with van der Waals surface area (Å²) in [5.74, 6) is 2.39. The number of nitrogens with zero attached hydrogens (tertiary/aromatic N) is 4. The number of hydrogen-bond acceptors (Lipinski definition) is 9. The maximum Gasteiger partial charge on any atom is 0.496 e. The Labute approximate surface area is 366 Å². The lowest BCUT2D eigenvalue weighted by Crippen LogP contribution is -2.41. The molecule has 0 atom stereocenters. The molecule has 6 heterocycles. The number of aryl methyl sites for hydroxylation is 2. The monoisotopic (exact) mass is 858 g/mol. The number of imidazole rings is 1. The molecule has 4 aromatic carbocycles. The number of pyridine rings is 2. The Morgan fingerprint density at radius 2 is 1.35 bits per heavy atom. The molecule has 1 aliphatic heterocycles. The molecule has 0 spiro atoms. The molecule has 12 nitrogen and oxygen atoms in total. The molecule has 0 bridgehead atoms. The Morgan fingerprint density at radius 3 is 2.02 bits per heavy atom. The van der Waals surface area contributed by atoms with E-state index in [0.717, 1.165) is 67.0 Å². The molecule has 0 radical (unpaired) electrons. The first-order chi connectivity index (χ1) is 30.2. The average molecular weight is 859 g/mol. The fraction of sp³-hybridized carbons (Fsp3) is 0.204. The second kappa shape index (κ2) is 15.9. The topological polar surface area (TPSA) is 146 Å². The number of benzene rings is 4. The maximum atomic E-state index is 13.7. The van der Waals surface area contributed by atoms with Gasteiger partial charge in [-0.25, -0.2) is 27.3 Å². The van der Waals surface area contributed by atoms with Crippen molar-refractivity contribution in [2.75, 3.05) is 14.2 Å². The van der Waals surface area contributed by atoms with E-state index in [1.807, 2.05) is 109 Å². The number of aromatic nitrogens is 6. The van der Waals surface area contributed by atoms with Crippen LogP contribution in [0, 0.1) is 13.8 Å². The SMILES string of the molecule is COc1ccccc1-c1c[nH]c2ncc(-c3ccc4nc(C)[nH]c4c3)cc12.COc1ccccc1-c1cn(S(=O)(=O)c2ccc(C)cc2)c2ncc(B3OC(C)(C)C(C)(C)O3)cc12. The van der Waals surface area contributed by atoms with Crippen molar-refractivity contribution >= 4 is 55.7 Å². The van der Waals surface area contributed by atoms with Gasteiger partial charge in [-0.15, -0.1) is 0 Å². The van der Waals surface area contributed by atoms with E-state index in [1.54, 1.807) is 50.9 Å². The van der Waals surface area contributed by atoms with Gasteiger partial charge in [0, 0.05) is 68.8 Å². The zero-order valence-electron chi connectivity index (χ0n) is 36.3. The minimum absolute atomic E-state index is 0.188. The molecule has 0 saturated carbocycles. The summed E-state index contributed by atoms with van der Waals surface area (Å²) in [6.45, 7) is 11.8. The summed E-state index contributed by atoms with van der Waals surface area (Å²) in [5.41, 5.74) is 9.58. The van der Waals surface area contributed by atoms with E-state index in [2.05, 4.69) is 49.2 Å². The van der Waals surface area contributed by atoms with E-state index in [0.29, 0.717) is 27.8 Å². The van der Waals surface area contributed by atoms with Gasteiger partial charge in [0.05, 0.1) is 41.4 Å². The van der Waals surface area contributed by atoms with Crippen LogP contribution in [-0.2, 0) is 19.3 Å². The van der Waals surface area contributed by atoms with E-state index in [4.69, 9.17) is 18.8 Å². The summed E-state index contributed by atoms with van der Waals surface area (Å²) in [5, 5.41) is 1.72. The third-order valence-electron chi connectivity index (χ3n) is 12.0. The number of rotatable bonds is 8. The predicted octanol–water partition coefficient (Wildman–Crippen LogP) is 9.65. The van der Waals surface area contributed by atoms with Gasteiger partial charge in [0.25, 0.3) is 10.0 Å². The third kappa shape index (κ3) is 7.53. The van der Waals surface area contributed by atoms with Gasteiger partial charge in [-0.1, -0.05) is 60.2 Å². The summed E-state index contributed by atoms with van der Waals surface area (Å²) in [7, 11) is -1.25. The van der Waals surface area contributed by atoms with Crippen molar-refractivity contribution in [2.45, 2.75) is 57.6 Å². The molecule has 1 aliphatic rings. The minimum Gasteiger partial charge on any atom is -0.496 e. The van der Waals surface area contributed by atoms with Crippen LogP contribution < -0.4 is 14.9 Å². The first-order valence-corrected chi connectivity index (χ1v) is 22.0. The molecule has 2 N–H and O–H groups in total. The van der Waals surface area contributed by atoms with Gasteiger partial charge in [0.15, 0.2) is 5.65 Å². The molecular weight excluding hydrogens is 811 g/mol. The fourth-order valence-electron chi connectivity index (χ4n) is 7.86. The molecule has 318 valence electrons. The fourth-order valence-corrected chi connectivity index (χ4v) is 9.18. The number of H-pyrrole nitrogens is 2. The summed E-state index contributed by atoms with van der Waals surface area (Å²) in [6.07, 6.45) is 7.12. The van der Waals surface area contributed by atoms with Crippen LogP contribution in [0.5, 0.6) is 11.5 Å². The van der Waals surface area contributed by atoms with Crippen LogP contribution in [-0.4, -0.2) is 69.9 Å². The predicted molar refractivity (Wildman–Crippen MR) is 249 cm³/mol. The minimum atomic E-state index is -3.91. The van der Waals surface area contributed by atoms with Gasteiger partial charge in [0.2, 0.25) is 0 Å². The van der Waals surface area contributed by atoms with Crippen LogP contribution in [0.2, 0.25) is 0 Å². The number of aromatic amines is 2. The van der Waals surface area contributed by atoms with Crippen molar-refractivity contribution in [3.05, 3.63) is 139 Å². The van der Waals surface area contributed by atoms with E-state index >= 15 is 0 Å². The quantitative estimate of drug-likeness (QED) is 0.143. The summed E-state index contributed by atoms with van der Waals surface area (Å²) in [6, 6.07) is 32.6. The molecule has 5 aromatic heterocycles. The Morgan fingerprint density at radius 1 is 0.698 bits per heavy atom. The van der Waals surface area contributed by atoms with Crippen LogP contribution in [0.4, 0.5) is 0 Å². The van der Waals surface area contributed by atoms with E-state index in [-0.39, 0.29) is 4.90 Å². The zero-order chi connectivity index (χ0) is 44.3. The maximum absolute atomic E-state index is 13.7. The lowest BCUT2D eigenvalue weighted by atomic mass is 9.79. The largest absolute Gasteiger partial charge is 0.496 e.